The van der Waals surface area contributed by atoms with Gasteiger partial charge < -0.3 is 5.32 Å². The molecule has 3 rings (SSSR count). The summed E-state index contributed by atoms with van der Waals surface area (Å²) in [5, 5.41) is 14.8. The molecule has 7 heteroatoms. The molecule has 2 N–H and O–H groups in total. The van der Waals surface area contributed by atoms with Crippen molar-refractivity contribution in [1.82, 2.24) is 20.1 Å². The Morgan fingerprint density at radius 1 is 1.32 bits per heavy atom. The lowest BCUT2D eigenvalue weighted by molar-refractivity contribution is 0.0939. The van der Waals surface area contributed by atoms with Gasteiger partial charge in [-0.2, -0.15) is 5.26 Å². The molecule has 0 saturated heterocycles. The summed E-state index contributed by atoms with van der Waals surface area (Å²) in [6, 6.07) is 10.6. The number of aryl methyl sites for hydroxylation is 1. The molecule has 0 saturated carbocycles. The lowest BCUT2D eigenvalue weighted by atomic mass is 10.0. The maximum absolute atomic E-state index is 12.8. The summed E-state index contributed by atoms with van der Waals surface area (Å²) in [5.74, 6) is 0.198. The first kappa shape index (κ1) is 19.1. The van der Waals surface area contributed by atoms with E-state index in [-0.39, 0.29) is 17.5 Å². The molecule has 142 valence electrons. The van der Waals surface area contributed by atoms with Crippen LogP contribution in [-0.2, 0) is 0 Å². The topological polar surface area (TPSA) is 104 Å². The number of pyridine rings is 1. The van der Waals surface area contributed by atoms with E-state index in [0.29, 0.717) is 22.5 Å². The predicted octanol–water partition coefficient (Wildman–Crippen LogP) is 2.94. The third-order valence-corrected chi connectivity index (χ3v) is 4.65. The Kier molecular flexibility index (Phi) is 5.41. The molecule has 28 heavy (non-hydrogen) atoms. The number of aromatic amines is 1. The second-order valence-corrected chi connectivity index (χ2v) is 6.66. The summed E-state index contributed by atoms with van der Waals surface area (Å²) in [6.07, 6.45) is 3.90. The van der Waals surface area contributed by atoms with Gasteiger partial charge in [-0.1, -0.05) is 13.0 Å². The number of hydrogen-bond acceptors (Lipinski definition) is 4. The van der Waals surface area contributed by atoms with Gasteiger partial charge in [-0.25, -0.2) is 9.67 Å². The summed E-state index contributed by atoms with van der Waals surface area (Å²) in [4.78, 5) is 29.2. The number of nitrogens with one attached hydrogen (secondary N) is 2. The lowest BCUT2D eigenvalue weighted by Gasteiger charge is -2.11. The maximum atomic E-state index is 12.8. The highest BCUT2D eigenvalue weighted by Crippen LogP contribution is 2.21. The van der Waals surface area contributed by atoms with Gasteiger partial charge in [0.25, 0.3) is 11.5 Å². The van der Waals surface area contributed by atoms with E-state index in [1.165, 1.54) is 10.9 Å². The SMILES string of the molecule is CCC(C)NC(=O)c1ccc(-n2[nH]cc(-c3ccc(C#N)cc3C)c2=O)nc1. The van der Waals surface area contributed by atoms with Crippen molar-refractivity contribution in [1.29, 1.82) is 5.26 Å². The zero-order chi connectivity index (χ0) is 20.3. The van der Waals surface area contributed by atoms with Gasteiger partial charge in [0.05, 0.1) is 22.8 Å². The molecular formula is C21H21N5O2. The minimum absolute atomic E-state index is 0.0800. The third-order valence-electron chi connectivity index (χ3n) is 4.65. The van der Waals surface area contributed by atoms with Crippen molar-refractivity contribution in [3.05, 3.63) is 69.8 Å². The average Bonchev–Trinajstić information content (AvgIpc) is 3.08. The van der Waals surface area contributed by atoms with Crippen molar-refractivity contribution in [3.8, 4) is 23.0 Å². The summed E-state index contributed by atoms with van der Waals surface area (Å²) < 4.78 is 1.32. The number of hydrogen-bond donors (Lipinski definition) is 2. The van der Waals surface area contributed by atoms with Crippen LogP contribution in [0.15, 0.2) is 47.5 Å². The Bertz CT molecular complexity index is 1100. The number of carbonyl (C=O) groups is 1. The van der Waals surface area contributed by atoms with Crippen molar-refractivity contribution in [3.63, 3.8) is 0 Å². The zero-order valence-electron chi connectivity index (χ0n) is 16.0. The van der Waals surface area contributed by atoms with E-state index < -0.39 is 0 Å². The standard InChI is InChI=1S/C21H21N5O2/c1-4-14(3)25-20(27)16-6-8-19(23-11-16)26-21(28)18(12-24-26)17-7-5-15(10-22)9-13(17)2/h5-9,11-12,14,24H,4H2,1-3H3,(H,25,27). The van der Waals surface area contributed by atoms with Crippen molar-refractivity contribution in [2.45, 2.75) is 33.2 Å². The zero-order valence-corrected chi connectivity index (χ0v) is 16.0. The van der Waals surface area contributed by atoms with Gasteiger partial charge in [0.15, 0.2) is 5.82 Å². The fourth-order valence-electron chi connectivity index (χ4n) is 2.83. The molecule has 0 fully saturated rings. The van der Waals surface area contributed by atoms with Crippen molar-refractivity contribution >= 4 is 5.91 Å². The van der Waals surface area contributed by atoms with Crippen molar-refractivity contribution in [2.75, 3.05) is 0 Å². The molecule has 0 aliphatic heterocycles. The monoisotopic (exact) mass is 375 g/mol. The van der Waals surface area contributed by atoms with E-state index in [1.54, 1.807) is 36.5 Å². The first-order valence-corrected chi connectivity index (χ1v) is 9.03. The van der Waals surface area contributed by atoms with Crippen LogP contribution in [0, 0.1) is 18.3 Å². The summed E-state index contributed by atoms with van der Waals surface area (Å²) in [6.45, 7) is 5.79. The van der Waals surface area contributed by atoms with Gasteiger partial charge in [0.2, 0.25) is 0 Å². The van der Waals surface area contributed by atoms with Crippen molar-refractivity contribution < 1.29 is 4.79 Å². The molecule has 3 aromatic rings. The second kappa shape index (κ2) is 7.92. The fraction of sp³-hybridized carbons (Fsp3) is 0.238. The number of nitriles is 1. The number of rotatable bonds is 5. The van der Waals surface area contributed by atoms with Gasteiger partial charge >= 0.3 is 0 Å². The Balaban J connectivity index is 1.89. The number of nitrogens with zero attached hydrogens (tertiary/aromatic N) is 3. The van der Waals surface area contributed by atoms with Crippen LogP contribution in [0.3, 0.4) is 0 Å². The van der Waals surface area contributed by atoms with Gasteiger partial charge in [-0.3, -0.25) is 14.7 Å². The van der Waals surface area contributed by atoms with E-state index in [0.717, 1.165) is 17.5 Å². The molecule has 0 bridgehead atoms. The van der Waals surface area contributed by atoms with Crippen LogP contribution < -0.4 is 10.9 Å². The maximum Gasteiger partial charge on any atom is 0.280 e. The summed E-state index contributed by atoms with van der Waals surface area (Å²) in [5.41, 5.74) is 2.81. The molecule has 2 aromatic heterocycles. The van der Waals surface area contributed by atoms with Crippen LogP contribution >= 0.6 is 0 Å². The molecule has 0 spiro atoms. The van der Waals surface area contributed by atoms with Crippen LogP contribution in [-0.4, -0.2) is 26.7 Å². The van der Waals surface area contributed by atoms with Crippen LogP contribution in [0.5, 0.6) is 0 Å². The quantitative estimate of drug-likeness (QED) is 0.715. The normalized spacial score (nSPS) is 11.6. The van der Waals surface area contributed by atoms with Gasteiger partial charge in [-0.05, 0) is 55.7 Å². The molecule has 7 nitrogen and oxygen atoms in total. The molecule has 0 aliphatic carbocycles. The first-order valence-electron chi connectivity index (χ1n) is 9.03. The Labute approximate surface area is 162 Å². The van der Waals surface area contributed by atoms with Crippen LogP contribution in [0.4, 0.5) is 0 Å². The number of carbonyl (C=O) groups excluding carboxylic acids is 1. The lowest BCUT2D eigenvalue weighted by Crippen LogP contribution is -2.32. The number of benzene rings is 1. The highest BCUT2D eigenvalue weighted by molar-refractivity contribution is 5.94. The molecule has 2 heterocycles. The Morgan fingerprint density at radius 2 is 2.11 bits per heavy atom. The minimum Gasteiger partial charge on any atom is -0.350 e. The van der Waals surface area contributed by atoms with Gasteiger partial charge in [-0.15, -0.1) is 0 Å². The van der Waals surface area contributed by atoms with Crippen molar-refractivity contribution in [2.24, 2.45) is 0 Å². The van der Waals surface area contributed by atoms with E-state index in [2.05, 4.69) is 21.5 Å². The molecule has 1 amide bonds. The first-order chi connectivity index (χ1) is 13.4. The highest BCUT2D eigenvalue weighted by atomic mass is 16.2. The minimum atomic E-state index is -0.253. The average molecular weight is 375 g/mol. The molecule has 0 aliphatic rings. The summed E-state index contributed by atoms with van der Waals surface area (Å²) in [7, 11) is 0. The predicted molar refractivity (Wildman–Crippen MR) is 106 cm³/mol. The van der Waals surface area contributed by atoms with Gasteiger partial charge in [0.1, 0.15) is 0 Å². The molecular weight excluding hydrogens is 354 g/mol. The smallest absolute Gasteiger partial charge is 0.280 e. The largest absolute Gasteiger partial charge is 0.350 e. The fourth-order valence-corrected chi connectivity index (χ4v) is 2.83. The van der Waals surface area contributed by atoms with Crippen LogP contribution in [0.2, 0.25) is 0 Å². The second-order valence-electron chi connectivity index (χ2n) is 6.66. The number of H-pyrrole nitrogens is 1. The van der Waals surface area contributed by atoms with E-state index >= 15 is 0 Å². The summed E-state index contributed by atoms with van der Waals surface area (Å²) >= 11 is 0. The molecule has 1 atom stereocenters. The molecule has 1 unspecified atom stereocenters. The van der Waals surface area contributed by atoms with E-state index in [4.69, 9.17) is 5.26 Å². The number of aromatic nitrogens is 3. The Hall–Kier alpha value is -3.66. The van der Waals surface area contributed by atoms with E-state index in [9.17, 15) is 9.59 Å². The molecule has 0 radical (unpaired) electrons. The molecule has 1 aromatic carbocycles. The van der Waals surface area contributed by atoms with Crippen LogP contribution in [0.25, 0.3) is 16.9 Å². The van der Waals surface area contributed by atoms with Gasteiger partial charge in [0, 0.05) is 18.4 Å². The Morgan fingerprint density at radius 3 is 2.71 bits per heavy atom. The number of amides is 1. The third kappa shape index (κ3) is 3.71. The highest BCUT2D eigenvalue weighted by Gasteiger charge is 2.14. The van der Waals surface area contributed by atoms with E-state index in [1.807, 2.05) is 20.8 Å². The van der Waals surface area contributed by atoms with Crippen LogP contribution in [0.1, 0.15) is 41.8 Å².